The highest BCUT2D eigenvalue weighted by atomic mass is 35.5. The van der Waals surface area contributed by atoms with E-state index in [1.54, 1.807) is 6.92 Å². The Morgan fingerprint density at radius 3 is 3.00 bits per heavy atom. The third-order valence-electron chi connectivity index (χ3n) is 6.12. The minimum atomic E-state index is -0.664. The van der Waals surface area contributed by atoms with Gasteiger partial charge in [-0.1, -0.05) is 23.7 Å². The number of benzene rings is 1. The lowest BCUT2D eigenvalue weighted by atomic mass is 9.79. The van der Waals surface area contributed by atoms with E-state index in [0.29, 0.717) is 12.8 Å². The van der Waals surface area contributed by atoms with Crippen LogP contribution in [-0.4, -0.2) is 42.5 Å². The van der Waals surface area contributed by atoms with E-state index in [-0.39, 0.29) is 17.2 Å². The number of carbonyl (C=O) groups excluding carboxylic acids is 1. The lowest BCUT2D eigenvalue weighted by Gasteiger charge is -2.30. The van der Waals surface area contributed by atoms with Gasteiger partial charge >= 0.3 is 0 Å². The van der Waals surface area contributed by atoms with Crippen molar-refractivity contribution in [3.8, 4) is 0 Å². The largest absolute Gasteiger partial charge is 0.314 e. The van der Waals surface area contributed by atoms with Crippen LogP contribution in [0.4, 0.5) is 4.39 Å². The zero-order chi connectivity index (χ0) is 18.6. The van der Waals surface area contributed by atoms with Gasteiger partial charge in [0.05, 0.1) is 0 Å². The number of likely N-dealkylation sites (tertiary alicyclic amines) is 1. The Balaban J connectivity index is 1.52. The Hall–Kier alpha value is -0.970. The van der Waals surface area contributed by atoms with Crippen LogP contribution in [-0.2, 0) is 11.3 Å². The van der Waals surface area contributed by atoms with Crippen molar-refractivity contribution in [3.05, 3.63) is 34.9 Å². The first kappa shape index (κ1) is 19.8. The SMILES string of the molecule is CC(=O)C1(CCNC2CCC[C@H](F)C2)CCN(Cc2cccc(Cl)c2)C1. The summed E-state index contributed by atoms with van der Waals surface area (Å²) in [5.41, 5.74) is 0.918. The first-order chi connectivity index (χ1) is 12.5. The molecule has 1 aromatic rings. The van der Waals surface area contributed by atoms with Gasteiger partial charge < -0.3 is 5.32 Å². The van der Waals surface area contributed by atoms with E-state index in [9.17, 15) is 9.18 Å². The normalized spacial score (nSPS) is 29.8. The van der Waals surface area contributed by atoms with Gasteiger partial charge in [-0.3, -0.25) is 9.69 Å². The van der Waals surface area contributed by atoms with Crippen LogP contribution in [0.5, 0.6) is 0 Å². The van der Waals surface area contributed by atoms with Gasteiger partial charge in [0.15, 0.2) is 0 Å². The summed E-state index contributed by atoms with van der Waals surface area (Å²) in [4.78, 5) is 14.8. The van der Waals surface area contributed by atoms with Crippen LogP contribution < -0.4 is 5.32 Å². The summed E-state index contributed by atoms with van der Waals surface area (Å²) in [7, 11) is 0. The quantitative estimate of drug-likeness (QED) is 0.761. The summed E-state index contributed by atoms with van der Waals surface area (Å²) >= 11 is 6.08. The fraction of sp³-hybridized carbons (Fsp3) is 0.667. The summed E-state index contributed by atoms with van der Waals surface area (Å²) in [6.45, 7) is 5.08. The second-order valence-corrected chi connectivity index (χ2v) is 8.53. The van der Waals surface area contributed by atoms with Crippen LogP contribution in [0, 0.1) is 5.41 Å². The molecular weight excluding hydrogens is 351 g/mol. The van der Waals surface area contributed by atoms with Gasteiger partial charge in [0, 0.05) is 29.6 Å². The van der Waals surface area contributed by atoms with Gasteiger partial charge in [0.1, 0.15) is 12.0 Å². The zero-order valence-electron chi connectivity index (χ0n) is 15.6. The van der Waals surface area contributed by atoms with E-state index in [0.717, 1.165) is 56.9 Å². The number of Topliss-reactive ketones (excluding diaryl/α,β-unsaturated/α-hetero) is 1. The van der Waals surface area contributed by atoms with Crippen molar-refractivity contribution < 1.29 is 9.18 Å². The highest BCUT2D eigenvalue weighted by Gasteiger charge is 2.41. The number of alkyl halides is 1. The van der Waals surface area contributed by atoms with Crippen LogP contribution in [0.2, 0.25) is 5.02 Å². The fourth-order valence-corrected chi connectivity index (χ4v) is 4.70. The first-order valence-electron chi connectivity index (χ1n) is 9.82. The van der Waals surface area contributed by atoms with Crippen molar-refractivity contribution in [3.63, 3.8) is 0 Å². The van der Waals surface area contributed by atoms with Crippen LogP contribution in [0.1, 0.15) is 51.0 Å². The maximum atomic E-state index is 13.5. The molecule has 0 spiro atoms. The molecule has 3 atom stereocenters. The number of ketones is 1. The van der Waals surface area contributed by atoms with E-state index in [1.165, 1.54) is 5.56 Å². The second kappa shape index (κ2) is 8.81. The number of nitrogens with zero attached hydrogens (tertiary/aromatic N) is 1. The van der Waals surface area contributed by atoms with Crippen molar-refractivity contribution in [2.45, 2.75) is 64.2 Å². The average molecular weight is 381 g/mol. The molecule has 144 valence electrons. The lowest BCUT2D eigenvalue weighted by molar-refractivity contribution is -0.126. The third kappa shape index (κ3) is 5.05. The molecule has 2 aliphatic rings. The molecule has 5 heteroatoms. The molecule has 1 heterocycles. The van der Waals surface area contributed by atoms with E-state index in [1.807, 2.05) is 18.2 Å². The summed E-state index contributed by atoms with van der Waals surface area (Å²) in [5, 5.41) is 4.25. The van der Waals surface area contributed by atoms with Crippen molar-refractivity contribution in [1.82, 2.24) is 10.2 Å². The number of halogens is 2. The second-order valence-electron chi connectivity index (χ2n) is 8.09. The summed E-state index contributed by atoms with van der Waals surface area (Å²) < 4.78 is 13.5. The van der Waals surface area contributed by atoms with E-state index in [2.05, 4.69) is 16.3 Å². The Kier molecular flexibility index (Phi) is 6.70. The molecule has 0 aromatic heterocycles. The van der Waals surface area contributed by atoms with E-state index >= 15 is 0 Å². The number of rotatable bonds is 7. The fourth-order valence-electron chi connectivity index (χ4n) is 4.49. The standard InChI is InChI=1S/C21H30ClFN2O/c1-16(26)21(8-10-24-20-7-3-6-19(23)13-20)9-11-25(15-21)14-17-4-2-5-18(22)12-17/h2,4-5,12,19-20,24H,3,6-11,13-15H2,1H3/t19-,20?,21?/m0/s1. The van der Waals surface area contributed by atoms with Gasteiger partial charge in [-0.2, -0.15) is 0 Å². The number of hydrogen-bond donors (Lipinski definition) is 1. The molecule has 2 unspecified atom stereocenters. The highest BCUT2D eigenvalue weighted by Crippen LogP contribution is 2.36. The molecule has 1 aromatic carbocycles. The Bertz CT molecular complexity index is 626. The number of hydrogen-bond acceptors (Lipinski definition) is 3. The Labute approximate surface area is 161 Å². The van der Waals surface area contributed by atoms with E-state index < -0.39 is 6.17 Å². The summed E-state index contributed by atoms with van der Waals surface area (Å²) in [6.07, 6.45) is 4.41. The predicted molar refractivity (Wildman–Crippen MR) is 104 cm³/mol. The van der Waals surface area contributed by atoms with Crippen molar-refractivity contribution >= 4 is 17.4 Å². The molecule has 2 fully saturated rings. The van der Waals surface area contributed by atoms with Gasteiger partial charge in [-0.25, -0.2) is 4.39 Å². The van der Waals surface area contributed by atoms with Crippen molar-refractivity contribution in [2.24, 2.45) is 5.41 Å². The molecule has 3 nitrogen and oxygen atoms in total. The van der Waals surface area contributed by atoms with Crippen LogP contribution in [0.3, 0.4) is 0 Å². The highest BCUT2D eigenvalue weighted by molar-refractivity contribution is 6.30. The Morgan fingerprint density at radius 2 is 2.27 bits per heavy atom. The molecular formula is C21H30ClFN2O. The topological polar surface area (TPSA) is 32.3 Å². The molecule has 1 aliphatic carbocycles. The third-order valence-corrected chi connectivity index (χ3v) is 6.36. The summed E-state index contributed by atoms with van der Waals surface area (Å²) in [5.74, 6) is 0.278. The molecule has 0 bridgehead atoms. The predicted octanol–water partition coefficient (Wildman–Crippen LogP) is 4.38. The van der Waals surface area contributed by atoms with Crippen LogP contribution in [0.15, 0.2) is 24.3 Å². The average Bonchev–Trinajstić information content (AvgIpc) is 2.99. The molecule has 1 aliphatic heterocycles. The zero-order valence-corrected chi connectivity index (χ0v) is 16.4. The molecule has 0 radical (unpaired) electrons. The maximum Gasteiger partial charge on any atom is 0.137 e. The minimum Gasteiger partial charge on any atom is -0.314 e. The summed E-state index contributed by atoms with van der Waals surface area (Å²) in [6, 6.07) is 8.20. The lowest BCUT2D eigenvalue weighted by Crippen LogP contribution is -2.40. The first-order valence-corrected chi connectivity index (χ1v) is 10.2. The van der Waals surface area contributed by atoms with E-state index in [4.69, 9.17) is 11.6 Å². The number of carbonyl (C=O) groups is 1. The maximum absolute atomic E-state index is 13.5. The van der Waals surface area contributed by atoms with Gasteiger partial charge in [0.25, 0.3) is 0 Å². The number of nitrogens with one attached hydrogen (secondary N) is 1. The molecule has 1 saturated heterocycles. The molecule has 1 saturated carbocycles. The molecule has 26 heavy (non-hydrogen) atoms. The molecule has 0 amide bonds. The van der Waals surface area contributed by atoms with Gasteiger partial charge in [-0.05, 0) is 76.2 Å². The molecule has 3 rings (SSSR count). The van der Waals surface area contributed by atoms with Crippen LogP contribution >= 0.6 is 11.6 Å². The van der Waals surface area contributed by atoms with Gasteiger partial charge in [0.2, 0.25) is 0 Å². The smallest absolute Gasteiger partial charge is 0.137 e. The van der Waals surface area contributed by atoms with Crippen molar-refractivity contribution in [2.75, 3.05) is 19.6 Å². The van der Waals surface area contributed by atoms with Crippen LogP contribution in [0.25, 0.3) is 0 Å². The van der Waals surface area contributed by atoms with Gasteiger partial charge in [-0.15, -0.1) is 0 Å². The van der Waals surface area contributed by atoms with Crippen molar-refractivity contribution in [1.29, 1.82) is 0 Å². The molecule has 1 N–H and O–H groups in total. The minimum absolute atomic E-state index is 0.268. The monoisotopic (exact) mass is 380 g/mol. The Morgan fingerprint density at radius 1 is 1.42 bits per heavy atom.